The molecule has 166 valence electrons. The third-order valence-corrected chi connectivity index (χ3v) is 3.97. The molecule has 10 heteroatoms. The van der Waals surface area contributed by atoms with Gasteiger partial charge in [0.25, 0.3) is 5.91 Å². The maximum Gasteiger partial charge on any atom is 0.418 e. The minimum absolute atomic E-state index is 0.0351. The molecular weight excluding hydrogens is 427 g/mol. The molecule has 0 atom stereocenters. The van der Waals surface area contributed by atoms with Gasteiger partial charge in [-0.15, -0.1) is 0 Å². The summed E-state index contributed by atoms with van der Waals surface area (Å²) in [6.07, 6.45) is -3.15. The van der Waals surface area contributed by atoms with Gasteiger partial charge in [-0.2, -0.15) is 13.2 Å². The summed E-state index contributed by atoms with van der Waals surface area (Å²) in [5, 5.41) is 4.46. The van der Waals surface area contributed by atoms with E-state index in [9.17, 15) is 22.8 Å². The van der Waals surface area contributed by atoms with Crippen LogP contribution in [0.2, 0.25) is 0 Å². The minimum Gasteiger partial charge on any atom is -0.484 e. The molecule has 2 amide bonds. The number of aromatic nitrogens is 1. The minimum atomic E-state index is -4.73. The Morgan fingerprint density at radius 1 is 0.969 bits per heavy atom. The van der Waals surface area contributed by atoms with E-state index in [4.69, 9.17) is 9.47 Å². The van der Waals surface area contributed by atoms with Crippen LogP contribution in [0.25, 0.3) is 0 Å². The predicted molar refractivity (Wildman–Crippen MR) is 111 cm³/mol. The number of nitrogens with one attached hydrogen (secondary N) is 2. The fourth-order valence-corrected chi connectivity index (χ4v) is 2.64. The normalized spacial score (nSPS) is 10.9. The smallest absolute Gasteiger partial charge is 0.418 e. The predicted octanol–water partition coefficient (Wildman–Crippen LogP) is 4.87. The van der Waals surface area contributed by atoms with Gasteiger partial charge in [-0.05, 0) is 48.5 Å². The molecule has 2 aromatic carbocycles. The van der Waals surface area contributed by atoms with Crippen molar-refractivity contribution in [3.05, 3.63) is 72.4 Å². The van der Waals surface area contributed by atoms with E-state index in [-0.39, 0.29) is 5.69 Å². The SMILES string of the molecule is CC(=O)Nc1ccc(NC(=O)COc2ccc(Oc3ccccn3)cc2)c(C(F)(F)F)c1. The molecule has 32 heavy (non-hydrogen) atoms. The van der Waals surface area contributed by atoms with Crippen molar-refractivity contribution >= 4 is 23.2 Å². The molecule has 0 aliphatic heterocycles. The number of anilines is 2. The van der Waals surface area contributed by atoms with Crippen LogP contribution in [0.4, 0.5) is 24.5 Å². The van der Waals surface area contributed by atoms with Crippen LogP contribution in [0.3, 0.4) is 0 Å². The van der Waals surface area contributed by atoms with Crippen molar-refractivity contribution in [1.82, 2.24) is 4.98 Å². The fraction of sp³-hybridized carbons (Fsp3) is 0.136. The van der Waals surface area contributed by atoms with Crippen LogP contribution in [0.15, 0.2) is 66.9 Å². The second-order valence-electron chi connectivity index (χ2n) is 6.52. The van der Waals surface area contributed by atoms with Crippen LogP contribution in [0, 0.1) is 0 Å². The Bertz CT molecular complexity index is 1090. The van der Waals surface area contributed by atoms with E-state index in [0.717, 1.165) is 12.1 Å². The number of hydrogen-bond donors (Lipinski definition) is 2. The number of carbonyl (C=O) groups excluding carboxylic acids is 2. The van der Waals surface area contributed by atoms with Crippen molar-refractivity contribution in [2.45, 2.75) is 13.1 Å². The average molecular weight is 445 g/mol. The molecule has 0 aliphatic rings. The lowest BCUT2D eigenvalue weighted by molar-refractivity contribution is -0.137. The topological polar surface area (TPSA) is 89.6 Å². The van der Waals surface area contributed by atoms with Crippen LogP contribution in [0.1, 0.15) is 12.5 Å². The van der Waals surface area contributed by atoms with Crippen molar-refractivity contribution in [1.29, 1.82) is 0 Å². The monoisotopic (exact) mass is 445 g/mol. The Labute approximate surface area is 181 Å². The number of alkyl halides is 3. The summed E-state index contributed by atoms with van der Waals surface area (Å²) >= 11 is 0. The van der Waals surface area contributed by atoms with Gasteiger partial charge in [0.2, 0.25) is 11.8 Å². The second-order valence-corrected chi connectivity index (χ2v) is 6.52. The second kappa shape index (κ2) is 9.82. The molecule has 0 unspecified atom stereocenters. The van der Waals surface area contributed by atoms with E-state index in [1.807, 2.05) is 0 Å². The summed E-state index contributed by atoms with van der Waals surface area (Å²) < 4.78 is 50.9. The van der Waals surface area contributed by atoms with E-state index < -0.39 is 35.8 Å². The summed E-state index contributed by atoms with van der Waals surface area (Å²) in [7, 11) is 0. The van der Waals surface area contributed by atoms with Crippen molar-refractivity contribution in [2.75, 3.05) is 17.2 Å². The van der Waals surface area contributed by atoms with E-state index in [2.05, 4.69) is 15.6 Å². The maximum absolute atomic E-state index is 13.3. The number of hydrogen-bond acceptors (Lipinski definition) is 5. The van der Waals surface area contributed by atoms with Crippen molar-refractivity contribution in [3.8, 4) is 17.4 Å². The first-order valence-corrected chi connectivity index (χ1v) is 9.31. The summed E-state index contributed by atoms with van der Waals surface area (Å²) in [5.74, 6) is -0.0676. The zero-order valence-corrected chi connectivity index (χ0v) is 16.8. The number of carbonyl (C=O) groups is 2. The highest BCUT2D eigenvalue weighted by atomic mass is 19.4. The van der Waals surface area contributed by atoms with E-state index in [1.165, 1.54) is 13.0 Å². The molecule has 2 N–H and O–H groups in total. The number of rotatable bonds is 7. The van der Waals surface area contributed by atoms with Crippen LogP contribution in [0.5, 0.6) is 17.4 Å². The number of benzene rings is 2. The maximum atomic E-state index is 13.3. The van der Waals surface area contributed by atoms with Crippen molar-refractivity contribution < 1.29 is 32.2 Å². The molecule has 7 nitrogen and oxygen atoms in total. The first-order chi connectivity index (χ1) is 15.2. The van der Waals surface area contributed by atoms with Gasteiger partial charge in [0.15, 0.2) is 6.61 Å². The third-order valence-electron chi connectivity index (χ3n) is 3.97. The van der Waals surface area contributed by atoms with Crippen LogP contribution >= 0.6 is 0 Å². The standard InChI is InChI=1S/C22H18F3N3O4/c1-14(29)27-15-5-10-19(18(12-15)22(23,24)25)28-20(30)13-31-16-6-8-17(9-7-16)32-21-4-2-3-11-26-21/h2-12H,13H2,1H3,(H,27,29)(H,28,30). The van der Waals surface area contributed by atoms with Crippen molar-refractivity contribution in [3.63, 3.8) is 0 Å². The molecule has 0 spiro atoms. The molecule has 3 rings (SSSR count). The summed E-state index contributed by atoms with van der Waals surface area (Å²) in [5.41, 5.74) is -1.57. The summed E-state index contributed by atoms with van der Waals surface area (Å²) in [6, 6.07) is 14.6. The molecule has 0 saturated carbocycles. The number of halogens is 3. The number of nitrogens with zero attached hydrogens (tertiary/aromatic N) is 1. The quantitative estimate of drug-likeness (QED) is 0.542. The highest BCUT2D eigenvalue weighted by molar-refractivity contribution is 5.94. The van der Waals surface area contributed by atoms with E-state index in [0.29, 0.717) is 17.4 Å². The molecule has 1 heterocycles. The summed E-state index contributed by atoms with van der Waals surface area (Å²) in [6.45, 7) is 0.669. The largest absolute Gasteiger partial charge is 0.484 e. The Morgan fingerprint density at radius 3 is 2.31 bits per heavy atom. The van der Waals surface area contributed by atoms with E-state index >= 15 is 0 Å². The first-order valence-electron chi connectivity index (χ1n) is 9.31. The number of amides is 2. The molecule has 0 bridgehead atoms. The van der Waals surface area contributed by atoms with Gasteiger partial charge in [-0.1, -0.05) is 6.07 Å². The Hall–Kier alpha value is -4.08. The molecule has 0 radical (unpaired) electrons. The van der Waals surface area contributed by atoms with Crippen LogP contribution in [-0.2, 0) is 15.8 Å². The zero-order valence-electron chi connectivity index (χ0n) is 16.8. The van der Waals surface area contributed by atoms with Crippen LogP contribution in [-0.4, -0.2) is 23.4 Å². The lowest BCUT2D eigenvalue weighted by Crippen LogP contribution is -2.22. The molecule has 1 aromatic heterocycles. The molecule has 0 aliphatic carbocycles. The zero-order chi connectivity index (χ0) is 23.1. The average Bonchev–Trinajstić information content (AvgIpc) is 2.74. The highest BCUT2D eigenvalue weighted by Crippen LogP contribution is 2.36. The van der Waals surface area contributed by atoms with Gasteiger partial charge in [-0.25, -0.2) is 4.98 Å². The number of ether oxygens (including phenoxy) is 2. The van der Waals surface area contributed by atoms with Gasteiger partial charge in [0, 0.05) is 24.9 Å². The molecule has 0 fully saturated rings. The van der Waals surface area contributed by atoms with E-state index in [1.54, 1.807) is 48.7 Å². The van der Waals surface area contributed by atoms with Crippen LogP contribution < -0.4 is 20.1 Å². The van der Waals surface area contributed by atoms with Crippen molar-refractivity contribution in [2.24, 2.45) is 0 Å². The van der Waals surface area contributed by atoms with Gasteiger partial charge < -0.3 is 20.1 Å². The van der Waals surface area contributed by atoms with Gasteiger partial charge >= 0.3 is 6.18 Å². The lowest BCUT2D eigenvalue weighted by Gasteiger charge is -2.16. The van der Waals surface area contributed by atoms with Gasteiger partial charge in [-0.3, -0.25) is 9.59 Å². The third kappa shape index (κ3) is 6.46. The summed E-state index contributed by atoms with van der Waals surface area (Å²) in [4.78, 5) is 27.2. The van der Waals surface area contributed by atoms with Gasteiger partial charge in [0.1, 0.15) is 11.5 Å². The molecule has 3 aromatic rings. The Balaban J connectivity index is 1.60. The highest BCUT2D eigenvalue weighted by Gasteiger charge is 2.34. The lowest BCUT2D eigenvalue weighted by atomic mass is 10.1. The number of pyridine rings is 1. The Kier molecular flexibility index (Phi) is 6.93. The molecule has 0 saturated heterocycles. The van der Waals surface area contributed by atoms with Gasteiger partial charge in [0.05, 0.1) is 11.3 Å². The molecular formula is C22H18F3N3O4. The first kappa shape index (κ1) is 22.6. The fourth-order valence-electron chi connectivity index (χ4n) is 2.64. The Morgan fingerprint density at radius 2 is 1.69 bits per heavy atom.